The SMILES string of the molecule is O=C1CCC(N2Cc3cc(C4CCN(Cc5ccc6c(c5)OCCO6)CC4)ccc3C2=O)C(=O)N1. The van der Waals surface area contributed by atoms with Gasteiger partial charge in [0.15, 0.2) is 11.5 Å². The van der Waals surface area contributed by atoms with Crippen LogP contribution in [0.2, 0.25) is 0 Å². The summed E-state index contributed by atoms with van der Waals surface area (Å²) in [7, 11) is 0. The predicted molar refractivity (Wildman–Crippen MR) is 127 cm³/mol. The van der Waals surface area contributed by atoms with E-state index in [9.17, 15) is 14.4 Å². The summed E-state index contributed by atoms with van der Waals surface area (Å²) >= 11 is 0. The molecule has 4 aliphatic rings. The number of nitrogens with one attached hydrogen (secondary N) is 1. The van der Waals surface area contributed by atoms with E-state index in [0.29, 0.717) is 37.7 Å². The highest BCUT2D eigenvalue weighted by Gasteiger charge is 2.39. The van der Waals surface area contributed by atoms with Crippen LogP contribution in [-0.2, 0) is 22.7 Å². The fraction of sp³-hybridized carbons (Fsp3) is 0.444. The van der Waals surface area contributed by atoms with Gasteiger partial charge in [-0.1, -0.05) is 18.2 Å². The van der Waals surface area contributed by atoms with Gasteiger partial charge in [0.1, 0.15) is 19.3 Å². The third-order valence-electron chi connectivity index (χ3n) is 7.62. The van der Waals surface area contributed by atoms with Crippen molar-refractivity contribution < 1.29 is 23.9 Å². The van der Waals surface area contributed by atoms with Gasteiger partial charge in [-0.05, 0) is 73.2 Å². The maximum atomic E-state index is 13.0. The fourth-order valence-electron chi connectivity index (χ4n) is 5.72. The number of fused-ring (bicyclic) bond motifs is 2. The van der Waals surface area contributed by atoms with Crippen LogP contribution in [0.3, 0.4) is 0 Å². The largest absolute Gasteiger partial charge is 0.486 e. The minimum atomic E-state index is -0.570. The Bertz CT molecular complexity index is 1190. The highest BCUT2D eigenvalue weighted by molar-refractivity contribution is 6.05. The van der Waals surface area contributed by atoms with E-state index in [1.165, 1.54) is 11.1 Å². The molecule has 2 aromatic carbocycles. The van der Waals surface area contributed by atoms with Gasteiger partial charge in [0, 0.05) is 25.1 Å². The van der Waals surface area contributed by atoms with Crippen LogP contribution in [0.25, 0.3) is 0 Å². The minimum absolute atomic E-state index is 0.115. The standard InChI is InChI=1S/C27H29N3O5/c31-25-6-4-22(26(32)28-25)30-16-20-14-19(2-3-21(20)27(30)33)18-7-9-29(10-8-18)15-17-1-5-23-24(13-17)35-12-11-34-23/h1-3,5,13-14,18,22H,4,6-12,15-16H2,(H,28,31,32). The first kappa shape index (κ1) is 22.1. The summed E-state index contributed by atoms with van der Waals surface area (Å²) in [5.74, 6) is 1.37. The molecule has 35 heavy (non-hydrogen) atoms. The molecule has 1 N–H and O–H groups in total. The third kappa shape index (κ3) is 4.27. The van der Waals surface area contributed by atoms with Crippen molar-refractivity contribution in [3.05, 3.63) is 58.7 Å². The lowest BCUT2D eigenvalue weighted by Crippen LogP contribution is -2.52. The molecule has 8 heteroatoms. The summed E-state index contributed by atoms with van der Waals surface area (Å²) in [6, 6.07) is 11.8. The second-order valence-corrected chi connectivity index (χ2v) is 9.84. The summed E-state index contributed by atoms with van der Waals surface area (Å²) in [5, 5.41) is 2.36. The van der Waals surface area contributed by atoms with Gasteiger partial charge in [0.05, 0.1) is 0 Å². The lowest BCUT2D eigenvalue weighted by atomic mass is 9.87. The Morgan fingerprint density at radius 3 is 2.51 bits per heavy atom. The van der Waals surface area contributed by atoms with Crippen LogP contribution in [0, 0.1) is 0 Å². The molecule has 0 radical (unpaired) electrons. The zero-order chi connectivity index (χ0) is 23.9. The molecule has 3 amide bonds. The molecule has 4 aliphatic heterocycles. The maximum absolute atomic E-state index is 13.0. The minimum Gasteiger partial charge on any atom is -0.486 e. The van der Waals surface area contributed by atoms with Gasteiger partial charge in [0.2, 0.25) is 11.8 Å². The second kappa shape index (κ2) is 9.00. The lowest BCUT2D eigenvalue weighted by Gasteiger charge is -2.32. The molecule has 0 aromatic heterocycles. The van der Waals surface area contributed by atoms with E-state index in [4.69, 9.17) is 9.47 Å². The number of amides is 3. The van der Waals surface area contributed by atoms with E-state index >= 15 is 0 Å². The highest BCUT2D eigenvalue weighted by atomic mass is 16.6. The van der Waals surface area contributed by atoms with E-state index in [-0.39, 0.29) is 24.1 Å². The summed E-state index contributed by atoms with van der Waals surface area (Å²) < 4.78 is 11.3. The van der Waals surface area contributed by atoms with Crippen molar-refractivity contribution in [2.45, 2.75) is 50.7 Å². The Morgan fingerprint density at radius 2 is 1.71 bits per heavy atom. The molecule has 0 bridgehead atoms. The first-order valence-corrected chi connectivity index (χ1v) is 12.4. The normalized spacial score (nSPS) is 22.8. The van der Waals surface area contributed by atoms with E-state index in [1.807, 2.05) is 12.1 Å². The summed E-state index contributed by atoms with van der Waals surface area (Å²) in [6.07, 6.45) is 2.79. The summed E-state index contributed by atoms with van der Waals surface area (Å²) in [5.41, 5.74) is 4.16. The van der Waals surface area contributed by atoms with Crippen LogP contribution in [0.1, 0.15) is 58.6 Å². The number of nitrogens with zero attached hydrogens (tertiary/aromatic N) is 2. The van der Waals surface area contributed by atoms with Gasteiger partial charge >= 0.3 is 0 Å². The van der Waals surface area contributed by atoms with E-state index < -0.39 is 6.04 Å². The van der Waals surface area contributed by atoms with Crippen molar-refractivity contribution in [1.29, 1.82) is 0 Å². The van der Waals surface area contributed by atoms with Crippen molar-refractivity contribution in [1.82, 2.24) is 15.1 Å². The topological polar surface area (TPSA) is 88.2 Å². The number of piperidine rings is 2. The number of ether oxygens (including phenoxy) is 2. The van der Waals surface area contributed by atoms with Gasteiger partial charge in [-0.15, -0.1) is 0 Å². The van der Waals surface area contributed by atoms with Crippen molar-refractivity contribution in [3.63, 3.8) is 0 Å². The van der Waals surface area contributed by atoms with Crippen LogP contribution < -0.4 is 14.8 Å². The van der Waals surface area contributed by atoms with Crippen LogP contribution in [0.4, 0.5) is 0 Å². The highest BCUT2D eigenvalue weighted by Crippen LogP contribution is 2.35. The zero-order valence-corrected chi connectivity index (χ0v) is 19.6. The summed E-state index contributed by atoms with van der Waals surface area (Å²) in [4.78, 5) is 40.8. The van der Waals surface area contributed by atoms with Crippen LogP contribution >= 0.6 is 0 Å². The molecular formula is C27H29N3O5. The second-order valence-electron chi connectivity index (χ2n) is 9.84. The smallest absolute Gasteiger partial charge is 0.255 e. The molecule has 4 heterocycles. The molecule has 2 aromatic rings. The Morgan fingerprint density at radius 1 is 0.914 bits per heavy atom. The Hall–Kier alpha value is -3.39. The molecule has 6 rings (SSSR count). The van der Waals surface area contributed by atoms with Gasteiger partial charge in [-0.2, -0.15) is 0 Å². The molecule has 1 unspecified atom stereocenters. The van der Waals surface area contributed by atoms with Gasteiger partial charge in [-0.3, -0.25) is 24.6 Å². The van der Waals surface area contributed by atoms with Crippen LogP contribution in [0.5, 0.6) is 11.5 Å². The first-order chi connectivity index (χ1) is 17.0. The van der Waals surface area contributed by atoms with Gasteiger partial charge < -0.3 is 14.4 Å². The average molecular weight is 476 g/mol. The van der Waals surface area contributed by atoms with Crippen molar-refractivity contribution in [3.8, 4) is 11.5 Å². The molecular weight excluding hydrogens is 446 g/mol. The number of hydrogen-bond acceptors (Lipinski definition) is 6. The van der Waals surface area contributed by atoms with Crippen molar-refractivity contribution in [2.75, 3.05) is 26.3 Å². The monoisotopic (exact) mass is 475 g/mol. The van der Waals surface area contributed by atoms with E-state index in [1.54, 1.807) is 4.90 Å². The fourth-order valence-corrected chi connectivity index (χ4v) is 5.72. The molecule has 8 nitrogen and oxygen atoms in total. The Kier molecular flexibility index (Phi) is 5.68. The molecule has 0 spiro atoms. The number of imide groups is 1. The maximum Gasteiger partial charge on any atom is 0.255 e. The summed E-state index contributed by atoms with van der Waals surface area (Å²) in [6.45, 7) is 4.54. The molecule has 2 fully saturated rings. The average Bonchev–Trinajstić information content (AvgIpc) is 3.20. The zero-order valence-electron chi connectivity index (χ0n) is 19.6. The number of carbonyl (C=O) groups excluding carboxylic acids is 3. The number of hydrogen-bond donors (Lipinski definition) is 1. The molecule has 182 valence electrons. The Balaban J connectivity index is 1.08. The third-order valence-corrected chi connectivity index (χ3v) is 7.62. The first-order valence-electron chi connectivity index (χ1n) is 12.4. The van der Waals surface area contributed by atoms with Crippen LogP contribution in [-0.4, -0.2) is 59.9 Å². The number of likely N-dealkylation sites (tertiary alicyclic amines) is 1. The van der Waals surface area contributed by atoms with Crippen molar-refractivity contribution in [2.24, 2.45) is 0 Å². The van der Waals surface area contributed by atoms with Gasteiger partial charge in [0.25, 0.3) is 5.91 Å². The predicted octanol–water partition coefficient (Wildman–Crippen LogP) is 2.60. The molecule has 2 saturated heterocycles. The quantitative estimate of drug-likeness (QED) is 0.684. The van der Waals surface area contributed by atoms with Gasteiger partial charge in [-0.25, -0.2) is 0 Å². The molecule has 0 aliphatic carbocycles. The van der Waals surface area contributed by atoms with Crippen molar-refractivity contribution >= 4 is 17.7 Å². The molecule has 1 atom stereocenters. The number of rotatable bonds is 4. The number of benzene rings is 2. The van der Waals surface area contributed by atoms with E-state index in [2.05, 4.69) is 34.5 Å². The lowest BCUT2D eigenvalue weighted by molar-refractivity contribution is -0.136. The van der Waals surface area contributed by atoms with E-state index in [0.717, 1.165) is 49.5 Å². The van der Waals surface area contributed by atoms with Crippen LogP contribution in [0.15, 0.2) is 36.4 Å². The number of carbonyl (C=O) groups is 3. The molecule has 0 saturated carbocycles. The Labute approximate surface area is 204 Å².